The zero-order chi connectivity index (χ0) is 25.3. The lowest BCUT2D eigenvalue weighted by molar-refractivity contribution is -0.671. The molecule has 1 aliphatic heterocycles. The van der Waals surface area contributed by atoms with Crippen molar-refractivity contribution < 1.29 is 37.0 Å². The molecular weight excluding hydrogens is 472 g/mol. The molecule has 0 fully saturated rings. The fourth-order valence-electron chi connectivity index (χ4n) is 3.99. The molecule has 2 aliphatic rings. The SMILES string of the molecule is CS(=O)(=O)O[O-].C[n+]1ccc(C(=O)N2/C(=C3/Cc4ccccc4C3=O)C(=O)c3ccccc32)cc1. The van der Waals surface area contributed by atoms with Crippen LogP contribution in [0.5, 0.6) is 0 Å². The van der Waals surface area contributed by atoms with Crippen molar-refractivity contribution in [2.24, 2.45) is 7.05 Å². The molecular formula is C25H20N2O7S. The Morgan fingerprint density at radius 1 is 0.943 bits per heavy atom. The van der Waals surface area contributed by atoms with Crippen LogP contribution in [-0.2, 0) is 27.9 Å². The van der Waals surface area contributed by atoms with Crippen LogP contribution in [0.1, 0.15) is 36.6 Å². The predicted molar refractivity (Wildman–Crippen MR) is 123 cm³/mol. The van der Waals surface area contributed by atoms with Crippen LogP contribution in [0.3, 0.4) is 0 Å². The summed E-state index contributed by atoms with van der Waals surface area (Å²) < 4.78 is 23.4. The number of aryl methyl sites for hydroxylation is 1. The molecule has 0 radical (unpaired) electrons. The van der Waals surface area contributed by atoms with Gasteiger partial charge in [0.15, 0.2) is 18.2 Å². The summed E-state index contributed by atoms with van der Waals surface area (Å²) in [7, 11) is -1.85. The minimum atomic E-state index is -3.72. The quantitative estimate of drug-likeness (QED) is 0.228. The number of hydrogen-bond acceptors (Lipinski definition) is 7. The minimum absolute atomic E-state index is 0.172. The molecule has 2 aromatic carbocycles. The number of para-hydroxylation sites is 1. The topological polar surface area (TPSA) is 125 Å². The summed E-state index contributed by atoms with van der Waals surface area (Å²) in [6, 6.07) is 17.7. The second kappa shape index (κ2) is 9.34. The van der Waals surface area contributed by atoms with Crippen LogP contribution in [0, 0.1) is 0 Å². The number of anilines is 1. The second-order valence-electron chi connectivity index (χ2n) is 8.00. The number of Topliss-reactive ketones (excluding diaryl/α,β-unsaturated/α-hetero) is 2. The smallest absolute Gasteiger partial charge is 0.263 e. The number of amides is 1. The summed E-state index contributed by atoms with van der Waals surface area (Å²) in [5, 5.41) is 8.86. The summed E-state index contributed by atoms with van der Waals surface area (Å²) in [6.45, 7) is 0. The average molecular weight is 493 g/mol. The molecule has 0 spiro atoms. The van der Waals surface area contributed by atoms with Crippen LogP contribution in [-0.4, -0.2) is 32.1 Å². The van der Waals surface area contributed by atoms with Gasteiger partial charge in [0, 0.05) is 35.3 Å². The summed E-state index contributed by atoms with van der Waals surface area (Å²) in [5.74, 6) is -0.796. The molecule has 178 valence electrons. The molecule has 35 heavy (non-hydrogen) atoms. The van der Waals surface area contributed by atoms with E-state index in [1.54, 1.807) is 54.9 Å². The van der Waals surface area contributed by atoms with Gasteiger partial charge in [0.25, 0.3) is 16.0 Å². The Morgan fingerprint density at radius 2 is 1.51 bits per heavy atom. The van der Waals surface area contributed by atoms with E-state index in [1.165, 1.54) is 4.90 Å². The van der Waals surface area contributed by atoms with Crippen molar-refractivity contribution in [2.45, 2.75) is 6.42 Å². The summed E-state index contributed by atoms with van der Waals surface area (Å²) in [6.07, 6.45) is 4.58. The number of rotatable bonds is 2. The van der Waals surface area contributed by atoms with Crippen molar-refractivity contribution in [2.75, 3.05) is 11.2 Å². The average Bonchev–Trinajstić information content (AvgIpc) is 3.33. The van der Waals surface area contributed by atoms with Crippen molar-refractivity contribution in [1.29, 1.82) is 0 Å². The highest BCUT2D eigenvalue weighted by atomic mass is 32.2. The van der Waals surface area contributed by atoms with E-state index in [1.807, 2.05) is 29.8 Å². The van der Waals surface area contributed by atoms with E-state index in [0.29, 0.717) is 40.6 Å². The maximum absolute atomic E-state index is 13.4. The fourth-order valence-corrected chi connectivity index (χ4v) is 3.99. The van der Waals surface area contributed by atoms with Gasteiger partial charge in [-0.25, -0.2) is 13.0 Å². The number of benzene rings is 2. The highest BCUT2D eigenvalue weighted by molar-refractivity contribution is 7.85. The zero-order valence-corrected chi connectivity index (χ0v) is 19.6. The van der Waals surface area contributed by atoms with Gasteiger partial charge in [-0.1, -0.05) is 36.4 Å². The molecule has 0 unspecified atom stereocenters. The van der Waals surface area contributed by atoms with Crippen LogP contribution in [0.2, 0.25) is 0 Å². The van der Waals surface area contributed by atoms with E-state index in [9.17, 15) is 22.8 Å². The lowest BCUT2D eigenvalue weighted by Gasteiger charge is -2.19. The van der Waals surface area contributed by atoms with Crippen LogP contribution in [0.25, 0.3) is 0 Å². The molecule has 1 aliphatic carbocycles. The van der Waals surface area contributed by atoms with Crippen LogP contribution in [0.4, 0.5) is 5.69 Å². The van der Waals surface area contributed by atoms with E-state index >= 15 is 0 Å². The summed E-state index contributed by atoms with van der Waals surface area (Å²) in [5.41, 5.74) is 3.43. The highest BCUT2D eigenvalue weighted by Gasteiger charge is 2.42. The maximum Gasteiger partial charge on any atom is 0.263 e. The third kappa shape index (κ3) is 4.67. The Bertz CT molecular complexity index is 1490. The Morgan fingerprint density at radius 3 is 2.11 bits per heavy atom. The maximum atomic E-state index is 13.4. The van der Waals surface area contributed by atoms with Gasteiger partial charge in [0.05, 0.1) is 17.5 Å². The van der Waals surface area contributed by atoms with Gasteiger partial charge in [-0.05, 0) is 17.7 Å². The molecule has 5 rings (SSSR count). The summed E-state index contributed by atoms with van der Waals surface area (Å²) >= 11 is 0. The van der Waals surface area contributed by atoms with E-state index in [-0.39, 0.29) is 23.2 Å². The molecule has 3 aromatic rings. The Labute approximate surface area is 201 Å². The first kappa shape index (κ1) is 24.1. The monoisotopic (exact) mass is 492 g/mol. The van der Waals surface area contributed by atoms with E-state index < -0.39 is 10.1 Å². The van der Waals surface area contributed by atoms with Gasteiger partial charge in [-0.15, -0.1) is 0 Å². The van der Waals surface area contributed by atoms with Crippen LogP contribution >= 0.6 is 0 Å². The molecule has 0 saturated heterocycles. The molecule has 10 heteroatoms. The van der Waals surface area contributed by atoms with Gasteiger partial charge in [0.1, 0.15) is 12.7 Å². The lowest BCUT2D eigenvalue weighted by Crippen LogP contribution is -2.32. The number of carbonyl (C=O) groups excluding carboxylic acids is 3. The number of ketones is 2. The van der Waals surface area contributed by atoms with Crippen LogP contribution < -0.4 is 14.7 Å². The minimum Gasteiger partial charge on any atom is -0.707 e. The molecule has 1 aromatic heterocycles. The van der Waals surface area contributed by atoms with Gasteiger partial charge >= 0.3 is 0 Å². The number of allylic oxidation sites excluding steroid dienone is 2. The first-order valence-electron chi connectivity index (χ1n) is 10.4. The standard InChI is InChI=1S/C24H17N2O3.CH4O4S/c1-25-12-10-15(11-13-25)24(29)26-20-9-5-4-8-18(20)23(28)21(26)19-14-16-6-2-3-7-17(16)22(19)27;1-6(3,4)5-2/h2-13H,14H2,1H3;2H,1H3/q+1;/p-1/b21-19-;. The molecule has 0 saturated carbocycles. The van der Waals surface area contributed by atoms with E-state index in [2.05, 4.69) is 4.33 Å². The van der Waals surface area contributed by atoms with Gasteiger partial charge < -0.3 is 9.59 Å². The largest absolute Gasteiger partial charge is 0.707 e. The molecule has 9 nitrogen and oxygen atoms in total. The van der Waals surface area contributed by atoms with Crippen molar-refractivity contribution >= 4 is 33.3 Å². The summed E-state index contributed by atoms with van der Waals surface area (Å²) in [4.78, 5) is 41.2. The molecule has 0 atom stereocenters. The van der Waals surface area contributed by atoms with Crippen molar-refractivity contribution in [1.82, 2.24) is 0 Å². The van der Waals surface area contributed by atoms with Gasteiger partial charge in [-0.3, -0.25) is 19.3 Å². The number of carbonyl (C=O) groups is 3. The molecule has 2 heterocycles. The highest BCUT2D eigenvalue weighted by Crippen LogP contribution is 2.40. The third-order valence-corrected chi connectivity index (χ3v) is 5.82. The first-order valence-corrected chi connectivity index (χ1v) is 12.2. The second-order valence-corrected chi connectivity index (χ2v) is 9.55. The molecule has 0 N–H and O–H groups in total. The molecule has 1 amide bonds. The van der Waals surface area contributed by atoms with Crippen molar-refractivity contribution in [3.8, 4) is 0 Å². The Hall–Kier alpha value is -3.99. The predicted octanol–water partition coefficient (Wildman–Crippen LogP) is 1.29. The fraction of sp³-hybridized carbons (Fsp3) is 0.120. The Kier molecular flexibility index (Phi) is 6.44. The first-order chi connectivity index (χ1) is 16.6. The number of aromatic nitrogens is 1. The van der Waals surface area contributed by atoms with Crippen LogP contribution in [0.15, 0.2) is 84.3 Å². The normalized spacial score (nSPS) is 16.5. The van der Waals surface area contributed by atoms with Gasteiger partial charge in [-0.2, -0.15) is 0 Å². The number of fused-ring (bicyclic) bond motifs is 2. The third-order valence-electron chi connectivity index (χ3n) is 5.57. The van der Waals surface area contributed by atoms with E-state index in [0.717, 1.165) is 5.56 Å². The number of hydrogen-bond donors (Lipinski definition) is 0. The lowest BCUT2D eigenvalue weighted by atomic mass is 10.0. The number of pyridine rings is 1. The van der Waals surface area contributed by atoms with Crippen molar-refractivity contribution in [3.05, 3.63) is 107 Å². The number of nitrogens with zero attached hydrogens (tertiary/aromatic N) is 2. The molecule has 0 bridgehead atoms. The van der Waals surface area contributed by atoms with E-state index in [4.69, 9.17) is 5.26 Å². The van der Waals surface area contributed by atoms with Crippen molar-refractivity contribution in [3.63, 3.8) is 0 Å². The Balaban J connectivity index is 0.000000431. The van der Waals surface area contributed by atoms with Gasteiger partial charge in [0.2, 0.25) is 5.78 Å². The zero-order valence-electron chi connectivity index (χ0n) is 18.8.